The number of hydrogen-bond acceptors (Lipinski definition) is 3. The van der Waals surface area contributed by atoms with Crippen molar-refractivity contribution in [3.05, 3.63) is 29.8 Å². The molecule has 1 atom stereocenters. The normalized spacial score (nSPS) is 18.2. The van der Waals surface area contributed by atoms with Crippen LogP contribution in [0.5, 0.6) is 5.75 Å². The zero-order valence-electron chi connectivity index (χ0n) is 14.5. The average Bonchev–Trinajstić information content (AvgIpc) is 3.04. The predicted octanol–water partition coefficient (Wildman–Crippen LogP) is 2.84. The number of benzene rings is 1. The van der Waals surface area contributed by atoms with Crippen LogP contribution < -0.4 is 15.8 Å². The van der Waals surface area contributed by atoms with Crippen molar-refractivity contribution in [3.63, 3.8) is 0 Å². The molecule has 1 aromatic rings. The van der Waals surface area contributed by atoms with Gasteiger partial charge in [-0.3, -0.25) is 4.90 Å². The minimum absolute atomic E-state index is 0. The van der Waals surface area contributed by atoms with Crippen molar-refractivity contribution in [3.8, 4) is 5.75 Å². The number of halogens is 3. The van der Waals surface area contributed by atoms with Gasteiger partial charge in [-0.05, 0) is 43.6 Å². The summed E-state index contributed by atoms with van der Waals surface area (Å²) in [6.07, 6.45) is -0.0786. The third-order valence-corrected chi connectivity index (χ3v) is 4.13. The van der Waals surface area contributed by atoms with Crippen molar-refractivity contribution in [1.82, 2.24) is 10.2 Å². The van der Waals surface area contributed by atoms with Gasteiger partial charge in [0.25, 0.3) is 6.43 Å². The number of rotatable bonds is 8. The topological polar surface area (TPSA) is 62.9 Å². The molecule has 0 radical (unpaired) electrons. The summed E-state index contributed by atoms with van der Waals surface area (Å²) in [5.41, 5.74) is 6.78. The van der Waals surface area contributed by atoms with Gasteiger partial charge < -0.3 is 15.8 Å². The van der Waals surface area contributed by atoms with Crippen molar-refractivity contribution >= 4 is 29.9 Å². The Morgan fingerprint density at radius 3 is 3.00 bits per heavy atom. The quantitative estimate of drug-likeness (QED) is 0.350. The zero-order chi connectivity index (χ0) is 17.4. The van der Waals surface area contributed by atoms with Gasteiger partial charge in [0.15, 0.2) is 5.96 Å². The fourth-order valence-corrected chi connectivity index (χ4v) is 2.89. The molecule has 1 saturated heterocycles. The zero-order valence-corrected chi connectivity index (χ0v) is 16.8. The first-order valence-electron chi connectivity index (χ1n) is 8.36. The Labute approximate surface area is 165 Å². The number of aliphatic imine (C=N–C) groups is 1. The molecule has 142 valence electrons. The molecule has 0 spiro atoms. The van der Waals surface area contributed by atoms with Gasteiger partial charge in [-0.1, -0.05) is 19.1 Å². The molecule has 1 aliphatic heterocycles. The number of likely N-dealkylation sites (tertiary alicyclic amines) is 1. The number of nitrogens with two attached hydrogens (primary N) is 1. The first-order valence-corrected chi connectivity index (χ1v) is 8.36. The monoisotopic (exact) mass is 468 g/mol. The minimum atomic E-state index is -2.48. The summed E-state index contributed by atoms with van der Waals surface area (Å²) in [6.45, 7) is 4.93. The second-order valence-corrected chi connectivity index (χ2v) is 5.86. The van der Waals surface area contributed by atoms with Gasteiger partial charge in [0, 0.05) is 12.6 Å². The van der Waals surface area contributed by atoms with E-state index in [-0.39, 0.29) is 24.0 Å². The lowest BCUT2D eigenvalue weighted by Gasteiger charge is -2.23. The Kier molecular flexibility index (Phi) is 10.0. The summed E-state index contributed by atoms with van der Waals surface area (Å²) in [5, 5.41) is 3.17. The minimum Gasteiger partial charge on any atom is -0.488 e. The van der Waals surface area contributed by atoms with E-state index in [0.717, 1.165) is 25.2 Å². The van der Waals surface area contributed by atoms with Gasteiger partial charge >= 0.3 is 0 Å². The molecule has 3 N–H and O–H groups in total. The van der Waals surface area contributed by atoms with E-state index in [1.54, 1.807) is 18.2 Å². The molecule has 5 nitrogen and oxygen atoms in total. The van der Waals surface area contributed by atoms with Gasteiger partial charge in [-0.2, -0.15) is 0 Å². The number of nitrogens with one attached hydrogen (secondary N) is 1. The van der Waals surface area contributed by atoms with Gasteiger partial charge in [-0.15, -0.1) is 24.0 Å². The van der Waals surface area contributed by atoms with Crippen LogP contribution in [0.3, 0.4) is 0 Å². The molecular formula is C17H27F2IN4O. The lowest BCUT2D eigenvalue weighted by Crippen LogP contribution is -2.42. The van der Waals surface area contributed by atoms with Crippen molar-refractivity contribution in [2.45, 2.75) is 38.8 Å². The molecule has 0 aliphatic carbocycles. The van der Waals surface area contributed by atoms with E-state index in [0.29, 0.717) is 24.3 Å². The molecule has 0 saturated carbocycles. The Hall–Kier alpha value is -1.16. The van der Waals surface area contributed by atoms with Crippen LogP contribution in [-0.2, 0) is 6.54 Å². The summed E-state index contributed by atoms with van der Waals surface area (Å²) in [5.74, 6) is 0.816. The van der Waals surface area contributed by atoms with Crippen LogP contribution >= 0.6 is 24.0 Å². The Bertz CT molecular complexity index is 545. The van der Waals surface area contributed by atoms with Gasteiger partial charge in [0.2, 0.25) is 0 Å². The number of nitrogens with zero attached hydrogens (tertiary/aromatic N) is 2. The van der Waals surface area contributed by atoms with Gasteiger partial charge in [-0.25, -0.2) is 13.8 Å². The molecule has 2 rings (SSSR count). The highest BCUT2D eigenvalue weighted by Gasteiger charge is 2.22. The van der Waals surface area contributed by atoms with Crippen LogP contribution in [0.4, 0.5) is 8.78 Å². The second-order valence-electron chi connectivity index (χ2n) is 5.86. The first-order chi connectivity index (χ1) is 11.6. The highest BCUT2D eigenvalue weighted by molar-refractivity contribution is 14.0. The number of hydrogen-bond donors (Lipinski definition) is 2. The van der Waals surface area contributed by atoms with Crippen LogP contribution in [0.25, 0.3) is 0 Å². The maximum Gasteiger partial charge on any atom is 0.272 e. The third-order valence-electron chi connectivity index (χ3n) is 4.13. The SMILES string of the molecule is CCN1CCCC1CNC(N)=NCc1cccc(OCC(F)F)c1.I. The van der Waals surface area contributed by atoms with E-state index < -0.39 is 13.0 Å². The molecule has 1 fully saturated rings. The second kappa shape index (κ2) is 11.5. The summed E-state index contributed by atoms with van der Waals surface area (Å²) >= 11 is 0. The van der Waals surface area contributed by atoms with Crippen LogP contribution in [0.2, 0.25) is 0 Å². The highest BCUT2D eigenvalue weighted by atomic mass is 127. The van der Waals surface area contributed by atoms with E-state index in [1.165, 1.54) is 12.8 Å². The van der Waals surface area contributed by atoms with Crippen LogP contribution in [-0.4, -0.2) is 49.6 Å². The van der Waals surface area contributed by atoms with Crippen LogP contribution in [0.1, 0.15) is 25.3 Å². The third kappa shape index (κ3) is 7.72. The first kappa shape index (κ1) is 21.9. The number of likely N-dealkylation sites (N-methyl/N-ethyl adjacent to an activating group) is 1. The molecule has 0 aromatic heterocycles. The molecule has 1 aliphatic rings. The summed E-state index contributed by atoms with van der Waals surface area (Å²) in [6, 6.07) is 7.48. The average molecular weight is 468 g/mol. The van der Waals surface area contributed by atoms with Gasteiger partial charge in [0.05, 0.1) is 6.54 Å². The molecule has 25 heavy (non-hydrogen) atoms. The molecule has 8 heteroatoms. The lowest BCUT2D eigenvalue weighted by molar-refractivity contribution is 0.0818. The van der Waals surface area contributed by atoms with E-state index in [4.69, 9.17) is 10.5 Å². The number of guanidine groups is 1. The van der Waals surface area contributed by atoms with E-state index in [9.17, 15) is 8.78 Å². The molecule has 1 aromatic carbocycles. The molecular weight excluding hydrogens is 441 g/mol. The van der Waals surface area contributed by atoms with E-state index in [1.807, 2.05) is 6.07 Å². The fraction of sp³-hybridized carbons (Fsp3) is 0.588. The molecule has 1 unspecified atom stereocenters. The maximum atomic E-state index is 12.2. The molecule has 0 bridgehead atoms. The molecule has 1 heterocycles. The van der Waals surface area contributed by atoms with Crippen molar-refractivity contribution in [2.75, 3.05) is 26.2 Å². The molecule has 0 amide bonds. The summed E-state index contributed by atoms with van der Waals surface area (Å²) < 4.78 is 29.3. The van der Waals surface area contributed by atoms with Crippen LogP contribution in [0.15, 0.2) is 29.3 Å². The van der Waals surface area contributed by atoms with E-state index in [2.05, 4.69) is 22.1 Å². The fourth-order valence-electron chi connectivity index (χ4n) is 2.89. The maximum absolute atomic E-state index is 12.2. The Morgan fingerprint density at radius 1 is 1.48 bits per heavy atom. The van der Waals surface area contributed by atoms with Gasteiger partial charge in [0.1, 0.15) is 12.4 Å². The predicted molar refractivity (Wildman–Crippen MR) is 107 cm³/mol. The smallest absolute Gasteiger partial charge is 0.272 e. The largest absolute Gasteiger partial charge is 0.488 e. The van der Waals surface area contributed by atoms with Crippen LogP contribution in [0, 0.1) is 0 Å². The Morgan fingerprint density at radius 2 is 2.28 bits per heavy atom. The van der Waals surface area contributed by atoms with Crippen molar-refractivity contribution in [2.24, 2.45) is 10.7 Å². The highest BCUT2D eigenvalue weighted by Crippen LogP contribution is 2.16. The Balaban J connectivity index is 0.00000312. The number of alkyl halides is 2. The summed E-state index contributed by atoms with van der Waals surface area (Å²) in [7, 11) is 0. The number of ether oxygens (including phenoxy) is 1. The lowest BCUT2D eigenvalue weighted by atomic mass is 10.2. The summed E-state index contributed by atoms with van der Waals surface area (Å²) in [4.78, 5) is 6.74. The standard InChI is InChI=1S/C17H26F2N4O.HI/c1-2-23-8-4-6-14(23)11-22-17(20)21-10-13-5-3-7-15(9-13)24-12-16(18)19;/h3,5,7,9,14,16H,2,4,6,8,10-12H2,1H3,(H3,20,21,22);1H. The van der Waals surface area contributed by atoms with Crippen molar-refractivity contribution in [1.29, 1.82) is 0 Å². The van der Waals surface area contributed by atoms with E-state index >= 15 is 0 Å². The van der Waals surface area contributed by atoms with Crippen molar-refractivity contribution < 1.29 is 13.5 Å².